The minimum atomic E-state index is -0.399. The Bertz CT molecular complexity index is 352. The van der Waals surface area contributed by atoms with Crippen LogP contribution < -0.4 is 0 Å². The van der Waals surface area contributed by atoms with E-state index in [0.717, 1.165) is 0 Å². The van der Waals surface area contributed by atoms with Gasteiger partial charge in [0.15, 0.2) is 5.78 Å². The Hall–Kier alpha value is -1.16. The van der Waals surface area contributed by atoms with Crippen molar-refractivity contribution in [2.75, 3.05) is 7.11 Å². The first-order chi connectivity index (χ1) is 6.56. The molecule has 0 aliphatic carbocycles. The minimum Gasteiger partial charge on any atom is -0.465 e. The van der Waals surface area contributed by atoms with E-state index in [1.165, 1.54) is 18.4 Å². The van der Waals surface area contributed by atoms with Gasteiger partial charge in [0.05, 0.1) is 17.6 Å². The fourth-order valence-corrected chi connectivity index (χ4v) is 1.94. The van der Waals surface area contributed by atoms with Crippen LogP contribution in [0.15, 0.2) is 11.4 Å². The lowest BCUT2D eigenvalue weighted by Crippen LogP contribution is -2.05. The van der Waals surface area contributed by atoms with E-state index >= 15 is 0 Å². The SMILES string of the molecule is COC(=O)c1csc(C(=O)C(C)C)c1. The van der Waals surface area contributed by atoms with E-state index in [2.05, 4.69) is 4.74 Å². The van der Waals surface area contributed by atoms with Crippen molar-refractivity contribution in [2.24, 2.45) is 5.92 Å². The molecule has 0 unspecified atom stereocenters. The van der Waals surface area contributed by atoms with Crippen LogP contribution >= 0.6 is 11.3 Å². The van der Waals surface area contributed by atoms with Crippen LogP contribution in [0.1, 0.15) is 33.9 Å². The number of ketones is 1. The molecule has 0 aliphatic rings. The molecule has 1 heterocycles. The monoisotopic (exact) mass is 212 g/mol. The summed E-state index contributed by atoms with van der Waals surface area (Å²) < 4.78 is 4.55. The number of ether oxygens (including phenoxy) is 1. The molecule has 0 aromatic carbocycles. The maximum atomic E-state index is 11.5. The van der Waals surface area contributed by atoms with Crippen molar-refractivity contribution >= 4 is 23.1 Å². The van der Waals surface area contributed by atoms with E-state index in [1.54, 1.807) is 11.4 Å². The van der Waals surface area contributed by atoms with Gasteiger partial charge in [0.2, 0.25) is 0 Å². The average molecular weight is 212 g/mol. The van der Waals surface area contributed by atoms with Gasteiger partial charge in [-0.2, -0.15) is 0 Å². The summed E-state index contributed by atoms with van der Waals surface area (Å²) in [5, 5.41) is 1.64. The summed E-state index contributed by atoms with van der Waals surface area (Å²) in [6, 6.07) is 1.58. The minimum absolute atomic E-state index is 0.0425. The molecule has 0 saturated heterocycles. The molecule has 76 valence electrons. The predicted molar refractivity (Wildman–Crippen MR) is 54.8 cm³/mol. The molecule has 0 radical (unpaired) electrons. The van der Waals surface area contributed by atoms with Crippen LogP contribution in [-0.4, -0.2) is 18.9 Å². The maximum absolute atomic E-state index is 11.5. The molecule has 1 aromatic rings. The van der Waals surface area contributed by atoms with Crippen LogP contribution in [-0.2, 0) is 4.74 Å². The summed E-state index contributed by atoms with van der Waals surface area (Å²) >= 11 is 1.28. The van der Waals surface area contributed by atoms with Crippen LogP contribution in [0.25, 0.3) is 0 Å². The first-order valence-electron chi connectivity index (χ1n) is 4.27. The number of hydrogen-bond donors (Lipinski definition) is 0. The summed E-state index contributed by atoms with van der Waals surface area (Å²) in [7, 11) is 1.32. The Kier molecular flexibility index (Phi) is 3.41. The summed E-state index contributed by atoms with van der Waals surface area (Å²) in [4.78, 5) is 23.2. The quantitative estimate of drug-likeness (QED) is 0.570. The second-order valence-electron chi connectivity index (χ2n) is 3.21. The number of esters is 1. The maximum Gasteiger partial charge on any atom is 0.338 e. The smallest absolute Gasteiger partial charge is 0.338 e. The van der Waals surface area contributed by atoms with Crippen molar-refractivity contribution in [3.8, 4) is 0 Å². The van der Waals surface area contributed by atoms with Gasteiger partial charge in [0.1, 0.15) is 0 Å². The zero-order chi connectivity index (χ0) is 10.7. The number of hydrogen-bond acceptors (Lipinski definition) is 4. The lowest BCUT2D eigenvalue weighted by atomic mass is 10.1. The van der Waals surface area contributed by atoms with Gasteiger partial charge in [0, 0.05) is 11.3 Å². The van der Waals surface area contributed by atoms with Gasteiger partial charge in [-0.25, -0.2) is 4.79 Å². The number of thiophene rings is 1. The molecule has 3 nitrogen and oxygen atoms in total. The average Bonchev–Trinajstić information content (AvgIpc) is 2.64. The zero-order valence-electron chi connectivity index (χ0n) is 8.37. The lowest BCUT2D eigenvalue weighted by molar-refractivity contribution is 0.0601. The van der Waals surface area contributed by atoms with Gasteiger partial charge in [-0.3, -0.25) is 4.79 Å². The van der Waals surface area contributed by atoms with Crippen molar-refractivity contribution in [3.63, 3.8) is 0 Å². The van der Waals surface area contributed by atoms with Gasteiger partial charge in [-0.05, 0) is 6.07 Å². The van der Waals surface area contributed by atoms with E-state index in [1.807, 2.05) is 13.8 Å². The van der Waals surface area contributed by atoms with Crippen molar-refractivity contribution < 1.29 is 14.3 Å². The Morgan fingerprint density at radius 3 is 2.57 bits per heavy atom. The highest BCUT2D eigenvalue weighted by Crippen LogP contribution is 2.18. The molecule has 0 bridgehead atoms. The molecule has 1 rings (SSSR count). The summed E-state index contributed by atoms with van der Waals surface area (Å²) in [6.07, 6.45) is 0. The molecule has 0 amide bonds. The van der Waals surface area contributed by atoms with Gasteiger partial charge in [-0.15, -0.1) is 11.3 Å². The second-order valence-corrected chi connectivity index (χ2v) is 4.12. The third-order valence-electron chi connectivity index (χ3n) is 1.79. The summed E-state index contributed by atoms with van der Waals surface area (Å²) in [5.74, 6) is -0.381. The number of methoxy groups -OCH3 is 1. The molecule has 0 N–H and O–H groups in total. The molecule has 0 saturated carbocycles. The van der Waals surface area contributed by atoms with Gasteiger partial charge in [0.25, 0.3) is 0 Å². The van der Waals surface area contributed by atoms with Gasteiger partial charge in [-0.1, -0.05) is 13.8 Å². The number of carbonyl (C=O) groups excluding carboxylic acids is 2. The lowest BCUT2D eigenvalue weighted by Gasteiger charge is -1.98. The highest BCUT2D eigenvalue weighted by molar-refractivity contribution is 7.12. The molecule has 14 heavy (non-hydrogen) atoms. The third kappa shape index (κ3) is 2.20. The number of carbonyl (C=O) groups is 2. The summed E-state index contributed by atoms with van der Waals surface area (Å²) in [5.41, 5.74) is 0.446. The molecule has 0 atom stereocenters. The van der Waals surface area contributed by atoms with Gasteiger partial charge < -0.3 is 4.74 Å². The summed E-state index contributed by atoms with van der Waals surface area (Å²) in [6.45, 7) is 3.67. The Morgan fingerprint density at radius 2 is 2.07 bits per heavy atom. The van der Waals surface area contributed by atoms with E-state index in [4.69, 9.17) is 0 Å². The van der Waals surface area contributed by atoms with E-state index in [9.17, 15) is 9.59 Å². The molecular formula is C10H12O3S. The Labute approximate surface area is 86.7 Å². The molecule has 4 heteroatoms. The van der Waals surface area contributed by atoms with Crippen LogP contribution in [0.5, 0.6) is 0 Å². The highest BCUT2D eigenvalue weighted by atomic mass is 32.1. The fourth-order valence-electron chi connectivity index (χ4n) is 0.975. The van der Waals surface area contributed by atoms with E-state index in [-0.39, 0.29) is 11.7 Å². The first kappa shape index (κ1) is 10.9. The van der Waals surface area contributed by atoms with Crippen molar-refractivity contribution in [1.29, 1.82) is 0 Å². The van der Waals surface area contributed by atoms with Gasteiger partial charge >= 0.3 is 5.97 Å². The number of Topliss-reactive ketones (excluding diaryl/α,β-unsaturated/α-hetero) is 1. The van der Waals surface area contributed by atoms with Crippen molar-refractivity contribution in [2.45, 2.75) is 13.8 Å². The Balaban J connectivity index is 2.88. The molecule has 0 aliphatic heterocycles. The predicted octanol–water partition coefficient (Wildman–Crippen LogP) is 2.37. The third-order valence-corrected chi connectivity index (χ3v) is 2.73. The van der Waals surface area contributed by atoms with E-state index in [0.29, 0.717) is 10.4 Å². The van der Waals surface area contributed by atoms with Crippen LogP contribution in [0.3, 0.4) is 0 Å². The zero-order valence-corrected chi connectivity index (χ0v) is 9.18. The molecule has 1 aromatic heterocycles. The second kappa shape index (κ2) is 4.37. The van der Waals surface area contributed by atoms with Crippen LogP contribution in [0.2, 0.25) is 0 Å². The topological polar surface area (TPSA) is 43.4 Å². The standard InChI is InChI=1S/C10H12O3S/c1-6(2)9(11)8-4-7(5-14-8)10(12)13-3/h4-6H,1-3H3. The Morgan fingerprint density at radius 1 is 1.43 bits per heavy atom. The number of rotatable bonds is 3. The largest absolute Gasteiger partial charge is 0.465 e. The normalized spacial score (nSPS) is 10.3. The van der Waals surface area contributed by atoms with Crippen LogP contribution in [0.4, 0.5) is 0 Å². The van der Waals surface area contributed by atoms with Crippen molar-refractivity contribution in [1.82, 2.24) is 0 Å². The molecule has 0 fully saturated rings. The van der Waals surface area contributed by atoms with Crippen molar-refractivity contribution in [3.05, 3.63) is 21.9 Å². The highest BCUT2D eigenvalue weighted by Gasteiger charge is 2.15. The first-order valence-corrected chi connectivity index (χ1v) is 5.15. The van der Waals surface area contributed by atoms with E-state index < -0.39 is 5.97 Å². The molecule has 0 spiro atoms. The van der Waals surface area contributed by atoms with Crippen LogP contribution in [0, 0.1) is 5.92 Å². The molecular weight excluding hydrogens is 200 g/mol. The fraction of sp³-hybridized carbons (Fsp3) is 0.400.